The van der Waals surface area contributed by atoms with Crippen LogP contribution in [0.3, 0.4) is 0 Å². The van der Waals surface area contributed by atoms with E-state index in [1.165, 1.54) is 23.9 Å². The van der Waals surface area contributed by atoms with Gasteiger partial charge in [-0.2, -0.15) is 5.10 Å². The molecule has 27 heavy (non-hydrogen) atoms. The molecular formula is C19H19F2N5S. The van der Waals surface area contributed by atoms with Gasteiger partial charge in [-0.05, 0) is 37.7 Å². The highest BCUT2D eigenvalue weighted by atomic mass is 32.2. The number of fused-ring (bicyclic) bond motifs is 1. The smallest absolute Gasteiger partial charge is 0.187 e. The van der Waals surface area contributed by atoms with Crippen LogP contribution in [0.5, 0.6) is 0 Å². The van der Waals surface area contributed by atoms with Gasteiger partial charge in [-0.1, -0.05) is 11.8 Å². The highest BCUT2D eigenvalue weighted by Crippen LogP contribution is 2.31. The molecule has 1 aromatic carbocycles. The zero-order valence-corrected chi connectivity index (χ0v) is 15.6. The lowest BCUT2D eigenvalue weighted by Gasteiger charge is -2.24. The van der Waals surface area contributed by atoms with Crippen LogP contribution in [0.4, 0.5) is 8.78 Å². The van der Waals surface area contributed by atoms with E-state index in [9.17, 15) is 8.78 Å². The molecule has 0 unspecified atom stereocenters. The first kappa shape index (κ1) is 18.1. The summed E-state index contributed by atoms with van der Waals surface area (Å²) in [5.74, 6) is -1.21. The Bertz CT molecular complexity index is 922. The predicted molar refractivity (Wildman–Crippen MR) is 99.8 cm³/mol. The van der Waals surface area contributed by atoms with Crippen LogP contribution in [-0.2, 0) is 13.0 Å². The molecule has 0 aliphatic heterocycles. The third-order valence-corrected chi connectivity index (χ3v) is 5.27. The standard InChI is InChI=1S/C19H19F2N5S/c1-27-19-23-9-12(10-24-19)8-22-17-3-2-4-18-16(17)11-25-26(18)15-6-13(20)5-14(21)7-15/h5-7,9-11,17,22H,2-4,8H2,1H3/t17-/m0/s1. The minimum absolute atomic E-state index is 0.140. The summed E-state index contributed by atoms with van der Waals surface area (Å²) in [5, 5.41) is 8.68. The number of aromatic nitrogens is 4. The lowest BCUT2D eigenvalue weighted by atomic mass is 9.92. The van der Waals surface area contributed by atoms with Crippen LogP contribution < -0.4 is 5.32 Å². The molecule has 1 aliphatic carbocycles. The molecule has 0 saturated heterocycles. The lowest BCUT2D eigenvalue weighted by Crippen LogP contribution is -2.25. The molecular weight excluding hydrogens is 368 g/mol. The van der Waals surface area contributed by atoms with E-state index >= 15 is 0 Å². The van der Waals surface area contributed by atoms with Gasteiger partial charge < -0.3 is 5.32 Å². The van der Waals surface area contributed by atoms with Crippen molar-refractivity contribution >= 4 is 11.8 Å². The first-order chi connectivity index (χ1) is 13.1. The van der Waals surface area contributed by atoms with Crippen LogP contribution in [0.15, 0.2) is 41.9 Å². The molecule has 5 nitrogen and oxygen atoms in total. The molecule has 0 amide bonds. The topological polar surface area (TPSA) is 55.6 Å². The quantitative estimate of drug-likeness (QED) is 0.533. The van der Waals surface area contributed by atoms with Crippen LogP contribution in [-0.4, -0.2) is 26.0 Å². The Morgan fingerprint density at radius 1 is 1.15 bits per heavy atom. The number of thioether (sulfide) groups is 1. The first-order valence-electron chi connectivity index (χ1n) is 8.75. The van der Waals surface area contributed by atoms with Gasteiger partial charge in [-0.25, -0.2) is 23.4 Å². The molecule has 0 radical (unpaired) electrons. The number of nitrogens with one attached hydrogen (secondary N) is 1. The second kappa shape index (κ2) is 7.74. The molecule has 8 heteroatoms. The van der Waals surface area contributed by atoms with Crippen molar-refractivity contribution in [1.82, 2.24) is 25.1 Å². The summed E-state index contributed by atoms with van der Waals surface area (Å²) >= 11 is 1.51. The minimum Gasteiger partial charge on any atom is -0.306 e. The summed E-state index contributed by atoms with van der Waals surface area (Å²) in [4.78, 5) is 8.58. The van der Waals surface area contributed by atoms with E-state index < -0.39 is 11.6 Å². The Hall–Kier alpha value is -2.32. The summed E-state index contributed by atoms with van der Waals surface area (Å²) in [6, 6.07) is 3.62. The highest BCUT2D eigenvalue weighted by Gasteiger charge is 2.24. The monoisotopic (exact) mass is 387 g/mol. The summed E-state index contributed by atoms with van der Waals surface area (Å²) in [5.41, 5.74) is 3.50. The largest absolute Gasteiger partial charge is 0.306 e. The van der Waals surface area contributed by atoms with E-state index in [1.54, 1.807) is 10.9 Å². The van der Waals surface area contributed by atoms with Gasteiger partial charge in [0.15, 0.2) is 5.16 Å². The average Bonchev–Trinajstić information content (AvgIpc) is 3.11. The number of nitrogens with zero attached hydrogens (tertiary/aromatic N) is 4. The third-order valence-electron chi connectivity index (χ3n) is 4.69. The van der Waals surface area contributed by atoms with Crippen molar-refractivity contribution < 1.29 is 8.78 Å². The van der Waals surface area contributed by atoms with E-state index in [4.69, 9.17) is 0 Å². The summed E-state index contributed by atoms with van der Waals surface area (Å²) < 4.78 is 28.8. The maximum absolute atomic E-state index is 13.6. The average molecular weight is 387 g/mol. The Labute approximate surface area is 160 Å². The second-order valence-electron chi connectivity index (χ2n) is 6.49. The van der Waals surface area contributed by atoms with E-state index in [2.05, 4.69) is 20.4 Å². The molecule has 1 atom stereocenters. The maximum atomic E-state index is 13.6. The fourth-order valence-electron chi connectivity index (χ4n) is 3.43. The fourth-order valence-corrected chi connectivity index (χ4v) is 3.75. The van der Waals surface area contributed by atoms with Gasteiger partial charge in [-0.3, -0.25) is 0 Å². The van der Waals surface area contributed by atoms with Crippen molar-refractivity contribution in [2.75, 3.05) is 6.26 Å². The van der Waals surface area contributed by atoms with Gasteiger partial charge in [0.1, 0.15) is 11.6 Å². The molecule has 2 aromatic heterocycles. The van der Waals surface area contributed by atoms with Gasteiger partial charge in [0, 0.05) is 47.9 Å². The lowest BCUT2D eigenvalue weighted by molar-refractivity contribution is 0.453. The fraction of sp³-hybridized carbons (Fsp3) is 0.316. The van der Waals surface area contributed by atoms with Crippen LogP contribution in [0.25, 0.3) is 5.69 Å². The maximum Gasteiger partial charge on any atom is 0.187 e. The first-order valence-corrected chi connectivity index (χ1v) is 9.98. The van der Waals surface area contributed by atoms with Crippen molar-refractivity contribution in [3.63, 3.8) is 0 Å². The Balaban J connectivity index is 1.54. The van der Waals surface area contributed by atoms with E-state index in [0.29, 0.717) is 12.2 Å². The van der Waals surface area contributed by atoms with Gasteiger partial charge in [0.25, 0.3) is 0 Å². The third kappa shape index (κ3) is 3.86. The Kier molecular flexibility index (Phi) is 5.18. The minimum atomic E-state index is -0.603. The summed E-state index contributed by atoms with van der Waals surface area (Å²) in [6.07, 6.45) is 10.2. The summed E-state index contributed by atoms with van der Waals surface area (Å²) in [7, 11) is 0. The van der Waals surface area contributed by atoms with Crippen molar-refractivity contribution in [2.45, 2.75) is 37.0 Å². The SMILES string of the molecule is CSc1ncc(CN[C@H]2CCCc3c2cnn3-c2cc(F)cc(F)c2)cn1. The highest BCUT2D eigenvalue weighted by molar-refractivity contribution is 7.98. The summed E-state index contributed by atoms with van der Waals surface area (Å²) in [6.45, 7) is 0.651. The van der Waals surface area contributed by atoms with E-state index in [0.717, 1.165) is 47.3 Å². The zero-order valence-electron chi connectivity index (χ0n) is 14.8. The normalized spacial score (nSPS) is 16.3. The molecule has 0 bridgehead atoms. The number of rotatable bonds is 5. The number of halogens is 2. The number of hydrogen-bond donors (Lipinski definition) is 1. The Morgan fingerprint density at radius 3 is 2.59 bits per heavy atom. The van der Waals surface area contributed by atoms with Crippen LogP contribution in [0, 0.1) is 11.6 Å². The van der Waals surface area contributed by atoms with Crippen molar-refractivity contribution in [2.24, 2.45) is 0 Å². The molecule has 2 heterocycles. The second-order valence-corrected chi connectivity index (χ2v) is 7.26. The molecule has 3 aromatic rings. The van der Waals surface area contributed by atoms with Gasteiger partial charge in [0.05, 0.1) is 11.9 Å². The molecule has 4 rings (SSSR count). The van der Waals surface area contributed by atoms with Gasteiger partial charge in [-0.15, -0.1) is 0 Å². The van der Waals surface area contributed by atoms with Crippen LogP contribution in [0.2, 0.25) is 0 Å². The van der Waals surface area contributed by atoms with Crippen molar-refractivity contribution in [3.05, 3.63) is 65.2 Å². The van der Waals surface area contributed by atoms with Gasteiger partial charge in [0.2, 0.25) is 0 Å². The molecule has 0 spiro atoms. The molecule has 0 saturated carbocycles. The number of benzene rings is 1. The van der Waals surface area contributed by atoms with Crippen LogP contribution >= 0.6 is 11.8 Å². The predicted octanol–water partition coefficient (Wildman–Crippen LogP) is 3.83. The van der Waals surface area contributed by atoms with E-state index in [1.807, 2.05) is 18.6 Å². The van der Waals surface area contributed by atoms with Crippen LogP contribution in [0.1, 0.15) is 35.7 Å². The molecule has 0 fully saturated rings. The molecule has 1 N–H and O–H groups in total. The molecule has 1 aliphatic rings. The van der Waals surface area contributed by atoms with E-state index in [-0.39, 0.29) is 6.04 Å². The zero-order chi connectivity index (χ0) is 18.8. The van der Waals surface area contributed by atoms with Crippen molar-refractivity contribution in [1.29, 1.82) is 0 Å². The number of hydrogen-bond acceptors (Lipinski definition) is 5. The Morgan fingerprint density at radius 2 is 1.89 bits per heavy atom. The molecule has 140 valence electrons. The van der Waals surface area contributed by atoms with Gasteiger partial charge >= 0.3 is 0 Å². The van der Waals surface area contributed by atoms with Crippen molar-refractivity contribution in [3.8, 4) is 5.69 Å².